The van der Waals surface area contributed by atoms with E-state index >= 15 is 0 Å². The monoisotopic (exact) mass is 168 g/mol. The summed E-state index contributed by atoms with van der Waals surface area (Å²) in [6.07, 6.45) is 0.451. The largest absolute Gasteiger partial charge is 0.279 e. The van der Waals surface area contributed by atoms with Crippen molar-refractivity contribution in [1.82, 2.24) is 5.01 Å². The van der Waals surface area contributed by atoms with Crippen molar-refractivity contribution in [3.05, 3.63) is 35.6 Å². The van der Waals surface area contributed by atoms with Crippen molar-refractivity contribution in [3.63, 3.8) is 0 Å². The quantitative estimate of drug-likeness (QED) is 0.312. The zero-order valence-corrected chi connectivity index (χ0v) is 6.40. The summed E-state index contributed by atoms with van der Waals surface area (Å²) in [5.74, 6) is 4.82. The highest BCUT2D eigenvalue weighted by molar-refractivity contribution is 5.46. The molecule has 0 aliphatic rings. The first-order valence-electron chi connectivity index (χ1n) is 3.44. The van der Waals surface area contributed by atoms with Gasteiger partial charge in [0.2, 0.25) is 6.41 Å². The molecule has 0 heterocycles. The fourth-order valence-electron chi connectivity index (χ4n) is 0.861. The molecule has 1 amide bonds. The normalized spacial score (nSPS) is 9.50. The summed E-state index contributed by atoms with van der Waals surface area (Å²) in [6.45, 7) is 0.0934. The number of halogens is 1. The van der Waals surface area contributed by atoms with Gasteiger partial charge in [-0.25, -0.2) is 10.2 Å². The minimum Gasteiger partial charge on any atom is -0.279 e. The smallest absolute Gasteiger partial charge is 0.223 e. The third kappa shape index (κ3) is 2.03. The van der Waals surface area contributed by atoms with Gasteiger partial charge in [-0.05, 0) is 6.07 Å². The number of nitrogens with zero attached hydrogens (tertiary/aromatic N) is 1. The summed E-state index contributed by atoms with van der Waals surface area (Å²) in [7, 11) is 0. The van der Waals surface area contributed by atoms with Crippen LogP contribution in [0.2, 0.25) is 0 Å². The Bertz CT molecular complexity index is 278. The predicted molar refractivity (Wildman–Crippen MR) is 42.2 cm³/mol. The molecule has 1 rings (SSSR count). The molecule has 0 aliphatic heterocycles. The number of carbonyl (C=O) groups is 1. The minimum atomic E-state index is -0.352. The summed E-state index contributed by atoms with van der Waals surface area (Å²) in [5.41, 5.74) is 0.409. The number of nitrogens with two attached hydrogens (primary N) is 1. The Morgan fingerprint density at radius 1 is 1.50 bits per heavy atom. The highest BCUT2D eigenvalue weighted by atomic mass is 19.1. The van der Waals surface area contributed by atoms with Gasteiger partial charge in [0.25, 0.3) is 0 Å². The Hall–Kier alpha value is -1.42. The summed E-state index contributed by atoms with van der Waals surface area (Å²) < 4.78 is 12.9. The molecule has 0 aromatic heterocycles. The number of carbonyl (C=O) groups excluding carboxylic acids is 1. The van der Waals surface area contributed by atoms with E-state index in [1.54, 1.807) is 18.2 Å². The van der Waals surface area contributed by atoms with Crippen LogP contribution in [0.3, 0.4) is 0 Å². The topological polar surface area (TPSA) is 46.3 Å². The summed E-state index contributed by atoms with van der Waals surface area (Å²) in [6, 6.07) is 6.18. The zero-order valence-electron chi connectivity index (χ0n) is 6.40. The summed E-state index contributed by atoms with van der Waals surface area (Å²) in [5, 5.41) is 0.887. The van der Waals surface area contributed by atoms with Crippen LogP contribution in [0, 0.1) is 5.82 Å². The van der Waals surface area contributed by atoms with E-state index in [1.807, 2.05) is 0 Å². The fraction of sp³-hybridized carbons (Fsp3) is 0.125. The molecule has 3 nitrogen and oxygen atoms in total. The highest BCUT2D eigenvalue weighted by Crippen LogP contribution is 2.06. The van der Waals surface area contributed by atoms with Crippen LogP contribution >= 0.6 is 0 Å². The Labute approximate surface area is 69.6 Å². The van der Waals surface area contributed by atoms with Crippen LogP contribution in [-0.2, 0) is 11.3 Å². The van der Waals surface area contributed by atoms with Crippen molar-refractivity contribution in [2.45, 2.75) is 6.54 Å². The number of rotatable bonds is 3. The number of hydrazine groups is 1. The maximum atomic E-state index is 12.9. The zero-order chi connectivity index (χ0) is 8.97. The maximum absolute atomic E-state index is 12.9. The van der Waals surface area contributed by atoms with Gasteiger partial charge >= 0.3 is 0 Å². The van der Waals surface area contributed by atoms with E-state index in [0.717, 1.165) is 5.01 Å². The number of hydrogen-bond acceptors (Lipinski definition) is 2. The van der Waals surface area contributed by atoms with Crippen LogP contribution in [0.5, 0.6) is 0 Å². The van der Waals surface area contributed by atoms with Crippen molar-refractivity contribution in [3.8, 4) is 0 Å². The maximum Gasteiger partial charge on any atom is 0.223 e. The molecular formula is C8H9FN2O. The van der Waals surface area contributed by atoms with E-state index in [1.165, 1.54) is 6.07 Å². The molecule has 0 atom stereocenters. The Kier molecular flexibility index (Phi) is 2.76. The molecule has 1 aromatic rings. The average Bonchev–Trinajstić information content (AvgIpc) is 2.09. The summed E-state index contributed by atoms with van der Waals surface area (Å²) in [4.78, 5) is 10.1. The molecule has 0 radical (unpaired) electrons. The first kappa shape index (κ1) is 8.67. The molecule has 0 saturated heterocycles. The third-order valence-electron chi connectivity index (χ3n) is 1.45. The van der Waals surface area contributed by atoms with Gasteiger partial charge < -0.3 is 0 Å². The van der Waals surface area contributed by atoms with Crippen molar-refractivity contribution < 1.29 is 9.18 Å². The minimum absolute atomic E-state index is 0.0934. The number of amides is 1. The lowest BCUT2D eigenvalue weighted by Crippen LogP contribution is -2.28. The lowest BCUT2D eigenvalue weighted by atomic mass is 10.2. The third-order valence-corrected chi connectivity index (χ3v) is 1.45. The molecule has 1 aromatic carbocycles. The first-order valence-corrected chi connectivity index (χ1v) is 3.44. The number of benzene rings is 1. The molecular weight excluding hydrogens is 159 g/mol. The van der Waals surface area contributed by atoms with Crippen LogP contribution in [0.1, 0.15) is 5.56 Å². The Balaban J connectivity index is 2.75. The van der Waals surface area contributed by atoms with Crippen molar-refractivity contribution in [1.29, 1.82) is 0 Å². The second-order valence-electron chi connectivity index (χ2n) is 2.37. The van der Waals surface area contributed by atoms with Gasteiger partial charge in [0.05, 0.1) is 6.54 Å². The predicted octanol–water partition coefficient (Wildman–Crippen LogP) is 0.658. The van der Waals surface area contributed by atoms with E-state index in [-0.39, 0.29) is 12.4 Å². The molecule has 0 bridgehead atoms. The van der Waals surface area contributed by atoms with Crippen LogP contribution in [0.25, 0.3) is 0 Å². The van der Waals surface area contributed by atoms with Crippen molar-refractivity contribution in [2.24, 2.45) is 5.84 Å². The van der Waals surface area contributed by atoms with Crippen LogP contribution < -0.4 is 5.84 Å². The molecule has 0 unspecified atom stereocenters. The van der Waals surface area contributed by atoms with Gasteiger partial charge in [0, 0.05) is 5.56 Å². The van der Waals surface area contributed by atoms with Crippen LogP contribution in [0.15, 0.2) is 24.3 Å². The van der Waals surface area contributed by atoms with E-state index in [0.29, 0.717) is 12.0 Å². The second kappa shape index (κ2) is 3.82. The molecule has 0 aliphatic carbocycles. The highest BCUT2D eigenvalue weighted by Gasteiger charge is 2.02. The second-order valence-corrected chi connectivity index (χ2v) is 2.37. The lowest BCUT2D eigenvalue weighted by molar-refractivity contribution is -0.118. The van der Waals surface area contributed by atoms with Crippen molar-refractivity contribution >= 4 is 6.41 Å². The SMILES string of the molecule is NN(C=O)Cc1ccccc1F. The molecule has 64 valence electrons. The molecule has 0 spiro atoms. The van der Waals surface area contributed by atoms with Gasteiger partial charge in [-0.3, -0.25) is 9.80 Å². The lowest BCUT2D eigenvalue weighted by Gasteiger charge is -2.09. The van der Waals surface area contributed by atoms with Crippen LogP contribution in [0.4, 0.5) is 4.39 Å². The number of hydrogen-bond donors (Lipinski definition) is 1. The van der Waals surface area contributed by atoms with E-state index in [2.05, 4.69) is 0 Å². The van der Waals surface area contributed by atoms with Gasteiger partial charge in [0.15, 0.2) is 0 Å². The molecule has 12 heavy (non-hydrogen) atoms. The standard InChI is InChI=1S/C8H9FN2O/c9-8-4-2-1-3-7(8)5-11(10)6-12/h1-4,6H,5,10H2. The molecule has 0 fully saturated rings. The van der Waals surface area contributed by atoms with Gasteiger partial charge in [-0.1, -0.05) is 18.2 Å². The van der Waals surface area contributed by atoms with Gasteiger partial charge in [-0.2, -0.15) is 0 Å². The summed E-state index contributed by atoms with van der Waals surface area (Å²) >= 11 is 0. The Morgan fingerprint density at radius 3 is 2.75 bits per heavy atom. The molecule has 4 heteroatoms. The fourth-order valence-corrected chi connectivity index (χ4v) is 0.861. The molecule has 0 saturated carbocycles. The Morgan fingerprint density at radius 2 is 2.17 bits per heavy atom. The van der Waals surface area contributed by atoms with E-state index in [9.17, 15) is 9.18 Å². The van der Waals surface area contributed by atoms with Crippen molar-refractivity contribution in [2.75, 3.05) is 0 Å². The van der Waals surface area contributed by atoms with Gasteiger partial charge in [0.1, 0.15) is 5.82 Å². The first-order chi connectivity index (χ1) is 5.74. The molecule has 2 N–H and O–H groups in total. The van der Waals surface area contributed by atoms with E-state index in [4.69, 9.17) is 5.84 Å². The average molecular weight is 168 g/mol. The van der Waals surface area contributed by atoms with Gasteiger partial charge in [-0.15, -0.1) is 0 Å². The van der Waals surface area contributed by atoms with Crippen LogP contribution in [-0.4, -0.2) is 11.4 Å². The van der Waals surface area contributed by atoms with E-state index < -0.39 is 0 Å².